The Morgan fingerprint density at radius 3 is 2.58 bits per heavy atom. The summed E-state index contributed by atoms with van der Waals surface area (Å²) >= 11 is 0. The molecule has 3 nitrogen and oxygen atoms in total. The molecule has 4 unspecified atom stereocenters. The largest absolute Gasteiger partial charge is 0.378 e. The lowest BCUT2D eigenvalue weighted by Gasteiger charge is -2.32. The molecule has 0 amide bonds. The third-order valence-electron chi connectivity index (χ3n) is 4.77. The normalized spacial score (nSPS) is 30.6. The number of nitriles is 1. The van der Waals surface area contributed by atoms with E-state index < -0.39 is 0 Å². The molecule has 0 spiro atoms. The van der Waals surface area contributed by atoms with Crippen molar-refractivity contribution >= 4 is 0 Å². The topological polar surface area (TPSA) is 45.0 Å². The van der Waals surface area contributed by atoms with E-state index in [-0.39, 0.29) is 5.54 Å². The van der Waals surface area contributed by atoms with Gasteiger partial charge in [-0.15, -0.1) is 0 Å². The molecule has 0 radical (unpaired) electrons. The second-order valence-corrected chi connectivity index (χ2v) is 6.41. The van der Waals surface area contributed by atoms with E-state index in [1.165, 1.54) is 19.3 Å². The fourth-order valence-corrected chi connectivity index (χ4v) is 2.72. The molecule has 1 fully saturated rings. The predicted octanol–water partition coefficient (Wildman–Crippen LogP) is 3.50. The lowest BCUT2D eigenvalue weighted by Crippen LogP contribution is -2.37. The van der Waals surface area contributed by atoms with Gasteiger partial charge in [-0.05, 0) is 64.3 Å². The quantitative estimate of drug-likeness (QED) is 0.717. The molecular weight excluding hydrogens is 236 g/mol. The van der Waals surface area contributed by atoms with E-state index in [0.717, 1.165) is 37.7 Å². The van der Waals surface area contributed by atoms with Gasteiger partial charge in [0.1, 0.15) is 5.54 Å². The van der Waals surface area contributed by atoms with Crippen LogP contribution in [0.2, 0.25) is 0 Å². The summed E-state index contributed by atoms with van der Waals surface area (Å²) in [6.07, 6.45) is 7.20. The van der Waals surface area contributed by atoms with Crippen LogP contribution in [0.1, 0.15) is 59.3 Å². The Morgan fingerprint density at radius 2 is 2.00 bits per heavy atom. The zero-order chi connectivity index (χ0) is 14.3. The summed E-state index contributed by atoms with van der Waals surface area (Å²) in [6.45, 7) is 7.49. The molecule has 0 saturated heterocycles. The first kappa shape index (κ1) is 16.5. The van der Waals surface area contributed by atoms with Crippen LogP contribution in [0, 0.1) is 23.2 Å². The maximum Gasteiger partial charge on any atom is 0.103 e. The van der Waals surface area contributed by atoms with Crippen LogP contribution < -0.4 is 5.32 Å². The van der Waals surface area contributed by atoms with E-state index in [1.54, 1.807) is 0 Å². The van der Waals surface area contributed by atoms with Gasteiger partial charge in [0.05, 0.1) is 12.2 Å². The number of rotatable bonds is 7. The summed E-state index contributed by atoms with van der Waals surface area (Å²) in [5, 5.41) is 12.1. The Balaban J connectivity index is 2.10. The van der Waals surface area contributed by atoms with Gasteiger partial charge in [0.15, 0.2) is 0 Å². The highest BCUT2D eigenvalue weighted by Crippen LogP contribution is 2.31. The van der Waals surface area contributed by atoms with Crippen LogP contribution in [0.15, 0.2) is 0 Å². The van der Waals surface area contributed by atoms with Crippen LogP contribution in [-0.2, 0) is 4.74 Å². The Kier molecular flexibility index (Phi) is 6.82. The number of nitrogens with one attached hydrogen (secondary N) is 1. The molecule has 0 aromatic heterocycles. The van der Waals surface area contributed by atoms with Gasteiger partial charge in [-0.3, -0.25) is 0 Å². The van der Waals surface area contributed by atoms with Crippen LogP contribution >= 0.6 is 0 Å². The molecule has 110 valence electrons. The van der Waals surface area contributed by atoms with E-state index in [0.29, 0.717) is 6.10 Å². The van der Waals surface area contributed by atoms with Crippen LogP contribution in [0.4, 0.5) is 0 Å². The van der Waals surface area contributed by atoms with E-state index in [1.807, 2.05) is 14.0 Å². The average molecular weight is 266 g/mol. The first-order chi connectivity index (χ1) is 9.00. The van der Waals surface area contributed by atoms with Gasteiger partial charge >= 0.3 is 0 Å². The minimum Gasteiger partial charge on any atom is -0.378 e. The number of hydrogen-bond acceptors (Lipinski definition) is 3. The van der Waals surface area contributed by atoms with Gasteiger partial charge in [-0.2, -0.15) is 5.26 Å². The summed E-state index contributed by atoms with van der Waals surface area (Å²) < 4.78 is 5.98. The smallest absolute Gasteiger partial charge is 0.103 e. The minimum absolute atomic E-state index is 0.380. The maximum atomic E-state index is 9.06. The monoisotopic (exact) mass is 266 g/mol. The average Bonchev–Trinajstić information content (AvgIpc) is 2.42. The molecule has 0 aliphatic heterocycles. The summed E-state index contributed by atoms with van der Waals surface area (Å²) in [5.74, 6) is 1.65. The third-order valence-corrected chi connectivity index (χ3v) is 4.77. The molecule has 0 aromatic carbocycles. The molecule has 0 bridgehead atoms. The van der Waals surface area contributed by atoms with Gasteiger partial charge in [-0.25, -0.2) is 0 Å². The van der Waals surface area contributed by atoms with Gasteiger partial charge in [0.25, 0.3) is 0 Å². The van der Waals surface area contributed by atoms with Crippen molar-refractivity contribution in [2.75, 3.05) is 13.7 Å². The molecule has 1 N–H and O–H groups in total. The SMILES string of the molecule is CNC(C)(C#N)CCCCOC1CCC(C)C(C)C1. The second-order valence-electron chi connectivity index (χ2n) is 6.41. The number of ether oxygens (including phenoxy) is 1. The fourth-order valence-electron chi connectivity index (χ4n) is 2.72. The minimum atomic E-state index is -0.380. The van der Waals surface area contributed by atoms with Crippen LogP contribution in [0.25, 0.3) is 0 Å². The summed E-state index contributed by atoms with van der Waals surface area (Å²) in [6, 6.07) is 2.33. The van der Waals surface area contributed by atoms with Gasteiger partial charge in [0.2, 0.25) is 0 Å². The molecule has 1 saturated carbocycles. The molecule has 3 heteroatoms. The van der Waals surface area contributed by atoms with E-state index in [2.05, 4.69) is 25.2 Å². The van der Waals surface area contributed by atoms with Crippen molar-refractivity contribution in [2.45, 2.75) is 70.9 Å². The molecule has 1 aliphatic rings. The van der Waals surface area contributed by atoms with Crippen molar-refractivity contribution in [1.29, 1.82) is 5.26 Å². The predicted molar refractivity (Wildman–Crippen MR) is 78.8 cm³/mol. The van der Waals surface area contributed by atoms with Gasteiger partial charge in [-0.1, -0.05) is 13.8 Å². The van der Waals surface area contributed by atoms with Crippen molar-refractivity contribution in [1.82, 2.24) is 5.32 Å². The highest BCUT2D eigenvalue weighted by molar-refractivity contribution is 5.02. The number of nitrogens with zero attached hydrogens (tertiary/aromatic N) is 1. The standard InChI is InChI=1S/C16H30N2O/c1-13-7-8-15(11-14(13)2)19-10-6-5-9-16(3,12-17)18-4/h13-15,18H,5-11H2,1-4H3. The summed E-state index contributed by atoms with van der Waals surface area (Å²) in [4.78, 5) is 0. The first-order valence-electron chi connectivity index (χ1n) is 7.72. The Bertz CT molecular complexity index is 300. The third kappa shape index (κ3) is 5.50. The molecule has 1 rings (SSSR count). The highest BCUT2D eigenvalue weighted by atomic mass is 16.5. The van der Waals surface area contributed by atoms with Gasteiger partial charge in [0, 0.05) is 6.61 Å². The van der Waals surface area contributed by atoms with Crippen molar-refractivity contribution in [2.24, 2.45) is 11.8 Å². The fraction of sp³-hybridized carbons (Fsp3) is 0.938. The molecular formula is C16H30N2O. The highest BCUT2D eigenvalue weighted by Gasteiger charge is 2.25. The van der Waals surface area contributed by atoms with Crippen molar-refractivity contribution in [3.05, 3.63) is 0 Å². The molecule has 0 heterocycles. The Hall–Kier alpha value is -0.590. The lowest BCUT2D eigenvalue weighted by atomic mass is 9.80. The molecule has 0 aromatic rings. The maximum absolute atomic E-state index is 9.06. The van der Waals surface area contributed by atoms with Crippen molar-refractivity contribution < 1.29 is 4.74 Å². The molecule has 1 aliphatic carbocycles. The van der Waals surface area contributed by atoms with E-state index in [9.17, 15) is 0 Å². The summed E-state index contributed by atoms with van der Waals surface area (Å²) in [5.41, 5.74) is -0.380. The van der Waals surface area contributed by atoms with Crippen LogP contribution in [0.3, 0.4) is 0 Å². The molecule has 4 atom stereocenters. The van der Waals surface area contributed by atoms with Crippen LogP contribution in [-0.4, -0.2) is 25.3 Å². The number of hydrogen-bond donors (Lipinski definition) is 1. The summed E-state index contributed by atoms with van der Waals surface area (Å²) in [7, 11) is 1.85. The zero-order valence-electron chi connectivity index (χ0n) is 13.0. The second kappa shape index (κ2) is 7.87. The first-order valence-corrected chi connectivity index (χ1v) is 7.72. The van der Waals surface area contributed by atoms with Gasteiger partial charge < -0.3 is 10.1 Å². The van der Waals surface area contributed by atoms with E-state index >= 15 is 0 Å². The molecule has 19 heavy (non-hydrogen) atoms. The Morgan fingerprint density at radius 1 is 1.26 bits per heavy atom. The number of unbranched alkanes of at least 4 members (excludes halogenated alkanes) is 1. The Labute approximate surface area is 118 Å². The lowest BCUT2D eigenvalue weighted by molar-refractivity contribution is 0.000756. The zero-order valence-corrected chi connectivity index (χ0v) is 13.0. The van der Waals surface area contributed by atoms with Crippen molar-refractivity contribution in [3.8, 4) is 6.07 Å². The van der Waals surface area contributed by atoms with E-state index in [4.69, 9.17) is 10.00 Å². The van der Waals surface area contributed by atoms with Crippen LogP contribution in [0.5, 0.6) is 0 Å². The van der Waals surface area contributed by atoms with Crippen molar-refractivity contribution in [3.63, 3.8) is 0 Å².